The second-order valence-corrected chi connectivity index (χ2v) is 11.2. The Kier molecular flexibility index (Phi) is 14.1. The number of nitro benzene ring substituents is 2. The third-order valence-corrected chi connectivity index (χ3v) is 7.94. The summed E-state index contributed by atoms with van der Waals surface area (Å²) in [4.78, 5) is 23.7. The van der Waals surface area contributed by atoms with Gasteiger partial charge < -0.3 is 4.90 Å². The van der Waals surface area contributed by atoms with E-state index in [1.54, 1.807) is 6.08 Å². The highest BCUT2D eigenvalue weighted by atomic mass is 16.6. The highest BCUT2D eigenvalue weighted by Crippen LogP contribution is 2.36. The number of para-hydroxylation sites is 1. The lowest BCUT2D eigenvalue weighted by Gasteiger charge is -2.27. The van der Waals surface area contributed by atoms with Crippen LogP contribution in [0.1, 0.15) is 121 Å². The van der Waals surface area contributed by atoms with Crippen LogP contribution in [0.4, 0.5) is 17.1 Å². The molecular weight excluding hydrogens is 514 g/mol. The van der Waals surface area contributed by atoms with Gasteiger partial charge in [-0.3, -0.25) is 20.2 Å². The summed E-state index contributed by atoms with van der Waals surface area (Å²) in [5.41, 5.74) is 2.71. The van der Waals surface area contributed by atoms with Gasteiger partial charge in [0.25, 0.3) is 11.4 Å². The van der Waals surface area contributed by atoms with Crippen LogP contribution in [0, 0.1) is 20.2 Å². The summed E-state index contributed by atoms with van der Waals surface area (Å²) in [6.45, 7) is 3.20. The number of rotatable bonds is 20. The molecule has 0 atom stereocenters. The molecule has 2 aromatic rings. The molecule has 0 unspecified atom stereocenters. The molecule has 1 aliphatic heterocycles. The van der Waals surface area contributed by atoms with Crippen LogP contribution in [0.15, 0.2) is 54.7 Å². The van der Waals surface area contributed by atoms with Crippen molar-refractivity contribution in [3.63, 3.8) is 0 Å². The molecule has 1 heterocycles. The van der Waals surface area contributed by atoms with Crippen LogP contribution in [0.5, 0.6) is 0 Å². The van der Waals surface area contributed by atoms with Gasteiger partial charge in [-0.2, -0.15) is 0 Å². The summed E-state index contributed by atoms with van der Waals surface area (Å²) in [6, 6.07) is 11.8. The Morgan fingerprint density at radius 3 is 1.83 bits per heavy atom. The smallest absolute Gasteiger partial charge is 0.283 e. The van der Waals surface area contributed by atoms with E-state index in [0.717, 1.165) is 35.9 Å². The molecule has 3 rings (SSSR count). The van der Waals surface area contributed by atoms with Gasteiger partial charge in [0, 0.05) is 30.1 Å². The van der Waals surface area contributed by atoms with Crippen LogP contribution in [0.3, 0.4) is 0 Å². The number of non-ortho nitro benzene ring substituents is 1. The van der Waals surface area contributed by atoms with Crippen LogP contribution in [-0.4, -0.2) is 16.4 Å². The standard InChI is InChI=1S/C34H47N3O4/c1-2-3-4-5-6-7-8-9-10-11-12-13-14-15-16-19-25-35-26-24-29(32-20-17-18-21-33(32)35)27-30-22-23-31(36(38)39)28-34(30)37(40)41/h17-18,20-24,26-28H,2-16,19,25H2,1H3/b29-27-. The largest absolute Gasteiger partial charge is 0.347 e. The van der Waals surface area contributed by atoms with Gasteiger partial charge in [-0.1, -0.05) is 121 Å². The Hall–Kier alpha value is -3.48. The van der Waals surface area contributed by atoms with Crippen LogP contribution < -0.4 is 4.90 Å². The van der Waals surface area contributed by atoms with E-state index in [0.29, 0.717) is 5.56 Å². The zero-order chi connectivity index (χ0) is 29.3. The molecule has 0 aromatic heterocycles. The normalized spacial score (nSPS) is 13.5. The lowest BCUT2D eigenvalue weighted by Crippen LogP contribution is -2.21. The first kappa shape index (κ1) is 32.0. The van der Waals surface area contributed by atoms with Crippen LogP contribution >= 0.6 is 0 Å². The Balaban J connectivity index is 1.39. The van der Waals surface area contributed by atoms with Crippen molar-refractivity contribution in [2.45, 2.75) is 110 Å². The zero-order valence-corrected chi connectivity index (χ0v) is 24.8. The summed E-state index contributed by atoms with van der Waals surface area (Å²) in [5, 5.41) is 22.7. The molecule has 0 amide bonds. The molecule has 7 heteroatoms. The summed E-state index contributed by atoms with van der Waals surface area (Å²) in [5.74, 6) is 0. The number of benzene rings is 2. The van der Waals surface area contributed by atoms with E-state index < -0.39 is 9.85 Å². The molecular formula is C34H47N3O4. The predicted octanol–water partition coefficient (Wildman–Crippen LogP) is 10.6. The molecule has 2 aromatic carbocycles. The van der Waals surface area contributed by atoms with Gasteiger partial charge in [0.2, 0.25) is 0 Å². The van der Waals surface area contributed by atoms with Crippen molar-refractivity contribution in [3.05, 3.63) is 86.1 Å². The first-order valence-electron chi connectivity index (χ1n) is 15.7. The molecule has 0 saturated heterocycles. The fourth-order valence-electron chi connectivity index (χ4n) is 5.55. The molecule has 0 bridgehead atoms. The van der Waals surface area contributed by atoms with Crippen LogP contribution in [0.25, 0.3) is 11.6 Å². The highest BCUT2D eigenvalue weighted by Gasteiger charge is 2.21. The minimum absolute atomic E-state index is 0.270. The van der Waals surface area contributed by atoms with Crippen molar-refractivity contribution in [1.82, 2.24) is 0 Å². The number of unbranched alkanes of at least 4 members (excludes halogenated alkanes) is 15. The number of allylic oxidation sites excluding steroid dienone is 2. The van der Waals surface area contributed by atoms with Gasteiger partial charge in [0.05, 0.1) is 21.5 Å². The fourth-order valence-corrected chi connectivity index (χ4v) is 5.55. The predicted molar refractivity (Wildman–Crippen MR) is 170 cm³/mol. The lowest BCUT2D eigenvalue weighted by molar-refractivity contribution is -0.394. The number of anilines is 1. The maximum atomic E-state index is 11.6. The SMILES string of the molecule is CCCCCCCCCCCCCCCCCCN1C=C/C(=C/c2ccc([N+](=O)[O-])cc2[N+](=O)[O-])c2ccccc21. The van der Waals surface area contributed by atoms with Gasteiger partial charge in [0.15, 0.2) is 0 Å². The van der Waals surface area contributed by atoms with Crippen molar-refractivity contribution < 1.29 is 9.85 Å². The average molecular weight is 562 g/mol. The number of nitrogens with zero attached hydrogens (tertiary/aromatic N) is 3. The molecule has 222 valence electrons. The van der Waals surface area contributed by atoms with Crippen molar-refractivity contribution in [2.75, 3.05) is 11.4 Å². The van der Waals surface area contributed by atoms with Gasteiger partial charge in [0.1, 0.15) is 0 Å². The first-order valence-corrected chi connectivity index (χ1v) is 15.7. The molecule has 1 aliphatic rings. The average Bonchev–Trinajstić information content (AvgIpc) is 2.97. The van der Waals surface area contributed by atoms with E-state index in [1.165, 1.54) is 108 Å². The van der Waals surface area contributed by atoms with Crippen molar-refractivity contribution in [3.8, 4) is 0 Å². The van der Waals surface area contributed by atoms with E-state index in [1.807, 2.05) is 30.5 Å². The fraction of sp³-hybridized carbons (Fsp3) is 0.529. The van der Waals surface area contributed by atoms with E-state index in [2.05, 4.69) is 17.9 Å². The van der Waals surface area contributed by atoms with Crippen molar-refractivity contribution in [1.29, 1.82) is 0 Å². The molecule has 7 nitrogen and oxygen atoms in total. The Labute approximate surface area is 245 Å². The van der Waals surface area contributed by atoms with E-state index >= 15 is 0 Å². The molecule has 0 saturated carbocycles. The second-order valence-electron chi connectivity index (χ2n) is 11.2. The van der Waals surface area contributed by atoms with Gasteiger partial charge in [-0.15, -0.1) is 0 Å². The number of hydrogen-bond acceptors (Lipinski definition) is 5. The quantitative estimate of drug-likeness (QED) is 0.0911. The van der Waals surface area contributed by atoms with E-state index in [4.69, 9.17) is 0 Å². The van der Waals surface area contributed by atoms with Crippen LogP contribution in [-0.2, 0) is 0 Å². The molecule has 41 heavy (non-hydrogen) atoms. The Bertz CT molecular complexity index is 1170. The number of hydrogen-bond donors (Lipinski definition) is 0. The van der Waals surface area contributed by atoms with Gasteiger partial charge in [-0.25, -0.2) is 0 Å². The molecule has 0 spiro atoms. The second kappa shape index (κ2) is 18.1. The Morgan fingerprint density at radius 2 is 1.27 bits per heavy atom. The summed E-state index contributed by atoms with van der Waals surface area (Å²) >= 11 is 0. The topological polar surface area (TPSA) is 89.5 Å². The molecule has 0 radical (unpaired) electrons. The lowest BCUT2D eigenvalue weighted by atomic mass is 9.97. The van der Waals surface area contributed by atoms with Crippen molar-refractivity contribution >= 4 is 28.7 Å². The van der Waals surface area contributed by atoms with Gasteiger partial charge in [-0.05, 0) is 36.3 Å². The summed E-state index contributed by atoms with van der Waals surface area (Å²) in [7, 11) is 0. The highest BCUT2D eigenvalue weighted by molar-refractivity contribution is 5.95. The molecule has 0 aliphatic carbocycles. The zero-order valence-electron chi connectivity index (χ0n) is 24.8. The van der Waals surface area contributed by atoms with E-state index in [9.17, 15) is 20.2 Å². The Morgan fingerprint density at radius 1 is 0.707 bits per heavy atom. The summed E-state index contributed by atoms with van der Waals surface area (Å²) in [6.07, 6.45) is 27.3. The monoisotopic (exact) mass is 561 g/mol. The molecule has 0 N–H and O–H groups in total. The summed E-state index contributed by atoms with van der Waals surface area (Å²) < 4.78 is 0. The van der Waals surface area contributed by atoms with Crippen LogP contribution in [0.2, 0.25) is 0 Å². The number of fused-ring (bicyclic) bond motifs is 1. The molecule has 0 fully saturated rings. The maximum absolute atomic E-state index is 11.6. The first-order chi connectivity index (χ1) is 20.0. The third kappa shape index (κ3) is 10.8. The maximum Gasteiger partial charge on any atom is 0.283 e. The minimum Gasteiger partial charge on any atom is -0.347 e. The minimum atomic E-state index is -0.615. The van der Waals surface area contributed by atoms with Crippen molar-refractivity contribution in [2.24, 2.45) is 0 Å². The van der Waals surface area contributed by atoms with Gasteiger partial charge >= 0.3 is 0 Å². The number of nitro groups is 2. The third-order valence-electron chi connectivity index (χ3n) is 7.94. The van der Waals surface area contributed by atoms with E-state index in [-0.39, 0.29) is 11.4 Å².